The topological polar surface area (TPSA) is 0 Å². The van der Waals surface area contributed by atoms with Crippen LogP contribution in [0.4, 0.5) is 0 Å². The van der Waals surface area contributed by atoms with E-state index in [0.717, 1.165) is 12.8 Å². The van der Waals surface area contributed by atoms with Crippen LogP contribution in [0.5, 0.6) is 0 Å². The molecule has 0 aromatic heterocycles. The third-order valence-electron chi connectivity index (χ3n) is 3.00. The highest BCUT2D eigenvalue weighted by atomic mass is 35.5. The molecule has 0 heterocycles. The number of rotatable bonds is 4. The summed E-state index contributed by atoms with van der Waals surface area (Å²) < 4.78 is 0. The third-order valence-corrected chi connectivity index (χ3v) is 3.33. The van der Waals surface area contributed by atoms with Gasteiger partial charge in [0.25, 0.3) is 0 Å². The van der Waals surface area contributed by atoms with Crippen LogP contribution in [0, 0.1) is 5.92 Å². The van der Waals surface area contributed by atoms with Crippen LogP contribution in [0.2, 0.25) is 0 Å². The quantitative estimate of drug-likeness (QED) is 0.664. The molecule has 1 atom stereocenters. The molecule has 0 aliphatic carbocycles. The second kappa shape index (κ2) is 5.55. The second-order valence-electron chi connectivity index (χ2n) is 5.11. The van der Waals surface area contributed by atoms with Gasteiger partial charge in [-0.05, 0) is 35.1 Å². The summed E-state index contributed by atoms with van der Waals surface area (Å²) in [6.45, 7) is 4.44. The lowest BCUT2D eigenvalue weighted by atomic mass is 10.00. The smallest absolute Gasteiger partial charge is 0.0378 e. The summed E-state index contributed by atoms with van der Waals surface area (Å²) in [4.78, 5) is 0. The van der Waals surface area contributed by atoms with Gasteiger partial charge in [0.1, 0.15) is 0 Å². The molecule has 0 bridgehead atoms. The molecule has 2 rings (SSSR count). The van der Waals surface area contributed by atoms with Gasteiger partial charge in [-0.15, -0.1) is 11.6 Å². The van der Waals surface area contributed by atoms with Crippen LogP contribution >= 0.6 is 11.6 Å². The molecular weight excluding hydrogens is 228 g/mol. The Bertz CT molecular complexity index is 488. The van der Waals surface area contributed by atoms with Crippen LogP contribution in [0.3, 0.4) is 0 Å². The van der Waals surface area contributed by atoms with E-state index >= 15 is 0 Å². The van der Waals surface area contributed by atoms with Crippen molar-refractivity contribution in [3.8, 4) is 0 Å². The number of fused-ring (bicyclic) bond motifs is 1. The molecule has 1 unspecified atom stereocenters. The van der Waals surface area contributed by atoms with Crippen molar-refractivity contribution in [2.24, 2.45) is 5.92 Å². The van der Waals surface area contributed by atoms with Crippen molar-refractivity contribution in [1.82, 2.24) is 0 Å². The predicted molar refractivity (Wildman–Crippen MR) is 76.7 cm³/mol. The number of hydrogen-bond donors (Lipinski definition) is 0. The SMILES string of the molecule is CC(C)CC(Cl)Cc1ccc2ccccc2c1. The van der Waals surface area contributed by atoms with E-state index in [-0.39, 0.29) is 5.38 Å². The summed E-state index contributed by atoms with van der Waals surface area (Å²) in [6, 6.07) is 15.1. The average molecular weight is 247 g/mol. The van der Waals surface area contributed by atoms with Gasteiger partial charge in [0.2, 0.25) is 0 Å². The Kier molecular flexibility index (Phi) is 4.06. The molecule has 0 saturated carbocycles. The zero-order valence-corrected chi connectivity index (χ0v) is 11.2. The van der Waals surface area contributed by atoms with Gasteiger partial charge < -0.3 is 0 Å². The Hall–Kier alpha value is -1.01. The first-order chi connectivity index (χ1) is 8.15. The molecule has 0 spiro atoms. The van der Waals surface area contributed by atoms with Gasteiger partial charge >= 0.3 is 0 Å². The third kappa shape index (κ3) is 3.47. The molecule has 0 saturated heterocycles. The fourth-order valence-corrected chi connectivity index (χ4v) is 2.75. The zero-order valence-electron chi connectivity index (χ0n) is 10.5. The Morgan fingerprint density at radius 1 is 1.00 bits per heavy atom. The van der Waals surface area contributed by atoms with Crippen molar-refractivity contribution in [3.05, 3.63) is 48.0 Å². The van der Waals surface area contributed by atoms with Gasteiger partial charge in [-0.25, -0.2) is 0 Å². The molecule has 0 amide bonds. The molecule has 1 heteroatoms. The zero-order chi connectivity index (χ0) is 12.3. The van der Waals surface area contributed by atoms with E-state index in [0.29, 0.717) is 5.92 Å². The van der Waals surface area contributed by atoms with Crippen molar-refractivity contribution in [1.29, 1.82) is 0 Å². The van der Waals surface area contributed by atoms with Crippen molar-refractivity contribution < 1.29 is 0 Å². The number of halogens is 1. The minimum absolute atomic E-state index is 0.246. The first-order valence-electron chi connectivity index (χ1n) is 6.27. The molecule has 0 aliphatic heterocycles. The van der Waals surface area contributed by atoms with Crippen molar-refractivity contribution >= 4 is 22.4 Å². The highest BCUT2D eigenvalue weighted by molar-refractivity contribution is 6.20. The van der Waals surface area contributed by atoms with Gasteiger partial charge in [0.05, 0.1) is 0 Å². The molecule has 2 aromatic carbocycles. The molecule has 0 fully saturated rings. The van der Waals surface area contributed by atoms with E-state index in [1.807, 2.05) is 0 Å². The number of alkyl halides is 1. The molecule has 0 aliphatic rings. The minimum atomic E-state index is 0.246. The lowest BCUT2D eigenvalue weighted by molar-refractivity contribution is 0.562. The van der Waals surface area contributed by atoms with Gasteiger partial charge in [0, 0.05) is 5.38 Å². The van der Waals surface area contributed by atoms with Crippen LogP contribution in [-0.4, -0.2) is 5.38 Å². The maximum absolute atomic E-state index is 6.36. The van der Waals surface area contributed by atoms with Crippen LogP contribution in [-0.2, 0) is 6.42 Å². The van der Waals surface area contributed by atoms with Gasteiger partial charge in [-0.2, -0.15) is 0 Å². The monoisotopic (exact) mass is 246 g/mol. The standard InChI is InChI=1S/C16H19Cl/c1-12(2)9-16(17)11-13-7-8-14-5-3-4-6-15(14)10-13/h3-8,10,12,16H,9,11H2,1-2H3. The lowest BCUT2D eigenvalue weighted by Gasteiger charge is -2.12. The maximum atomic E-state index is 6.36. The summed E-state index contributed by atoms with van der Waals surface area (Å²) >= 11 is 6.36. The van der Waals surface area contributed by atoms with E-state index in [1.165, 1.54) is 16.3 Å². The maximum Gasteiger partial charge on any atom is 0.0378 e. The highest BCUT2D eigenvalue weighted by Crippen LogP contribution is 2.20. The fraction of sp³-hybridized carbons (Fsp3) is 0.375. The van der Waals surface area contributed by atoms with Crippen molar-refractivity contribution in [3.63, 3.8) is 0 Å². The Morgan fingerprint density at radius 3 is 2.41 bits per heavy atom. The molecule has 0 radical (unpaired) electrons. The van der Waals surface area contributed by atoms with Gasteiger partial charge in [-0.3, -0.25) is 0 Å². The van der Waals surface area contributed by atoms with Gasteiger partial charge in [0.15, 0.2) is 0 Å². The Balaban J connectivity index is 2.14. The normalized spacial score (nSPS) is 13.2. The number of benzene rings is 2. The summed E-state index contributed by atoms with van der Waals surface area (Å²) in [5.41, 5.74) is 1.34. The molecule has 90 valence electrons. The largest absolute Gasteiger partial charge is 0.123 e. The van der Waals surface area contributed by atoms with Crippen LogP contribution in [0.1, 0.15) is 25.8 Å². The van der Waals surface area contributed by atoms with Crippen LogP contribution in [0.15, 0.2) is 42.5 Å². The fourth-order valence-electron chi connectivity index (χ4n) is 2.22. The van der Waals surface area contributed by atoms with Gasteiger partial charge in [-0.1, -0.05) is 56.3 Å². The van der Waals surface area contributed by atoms with E-state index in [2.05, 4.69) is 56.3 Å². The Morgan fingerprint density at radius 2 is 1.71 bits per heavy atom. The van der Waals surface area contributed by atoms with E-state index in [1.54, 1.807) is 0 Å². The molecule has 17 heavy (non-hydrogen) atoms. The second-order valence-corrected chi connectivity index (χ2v) is 5.73. The molecular formula is C16H19Cl. The Labute approximate surface area is 109 Å². The molecule has 2 aromatic rings. The highest BCUT2D eigenvalue weighted by Gasteiger charge is 2.08. The summed E-state index contributed by atoms with van der Waals surface area (Å²) in [5.74, 6) is 0.665. The first kappa shape index (κ1) is 12.4. The number of hydrogen-bond acceptors (Lipinski definition) is 0. The molecule has 0 N–H and O–H groups in total. The summed E-state index contributed by atoms with van der Waals surface area (Å²) in [6.07, 6.45) is 2.04. The lowest BCUT2D eigenvalue weighted by Crippen LogP contribution is -2.06. The van der Waals surface area contributed by atoms with E-state index in [4.69, 9.17) is 11.6 Å². The first-order valence-corrected chi connectivity index (χ1v) is 6.70. The predicted octanol–water partition coefficient (Wildman–Crippen LogP) is 5.04. The summed E-state index contributed by atoms with van der Waals surface area (Å²) in [7, 11) is 0. The van der Waals surface area contributed by atoms with Crippen molar-refractivity contribution in [2.45, 2.75) is 32.1 Å². The van der Waals surface area contributed by atoms with Crippen LogP contribution in [0.25, 0.3) is 10.8 Å². The van der Waals surface area contributed by atoms with Crippen molar-refractivity contribution in [2.75, 3.05) is 0 Å². The molecule has 0 nitrogen and oxygen atoms in total. The van der Waals surface area contributed by atoms with Crippen LogP contribution < -0.4 is 0 Å². The summed E-state index contributed by atoms with van der Waals surface area (Å²) in [5, 5.41) is 2.85. The van der Waals surface area contributed by atoms with E-state index in [9.17, 15) is 0 Å². The average Bonchev–Trinajstić information content (AvgIpc) is 2.27. The minimum Gasteiger partial charge on any atom is -0.123 e. The van der Waals surface area contributed by atoms with E-state index < -0.39 is 0 Å².